The number of benzene rings is 2. The predicted molar refractivity (Wildman–Crippen MR) is 94.2 cm³/mol. The summed E-state index contributed by atoms with van der Waals surface area (Å²) in [5, 5.41) is 10.6. The molecule has 0 saturated carbocycles. The summed E-state index contributed by atoms with van der Waals surface area (Å²) in [6.45, 7) is 2.50. The van der Waals surface area contributed by atoms with Crippen LogP contribution in [0.1, 0.15) is 16.0 Å². The zero-order valence-corrected chi connectivity index (χ0v) is 15.1. The van der Waals surface area contributed by atoms with Gasteiger partial charge in [-0.25, -0.2) is 0 Å². The lowest BCUT2D eigenvalue weighted by Gasteiger charge is -2.18. The number of hydrogen-bond acceptors (Lipinski definition) is 3. The summed E-state index contributed by atoms with van der Waals surface area (Å²) in [6, 6.07) is 14.4. The van der Waals surface area contributed by atoms with E-state index in [0.717, 1.165) is 0 Å². The topological polar surface area (TPSA) is 52.4 Å². The van der Waals surface area contributed by atoms with Crippen LogP contribution in [0.3, 0.4) is 0 Å². The van der Waals surface area contributed by atoms with Crippen molar-refractivity contribution in [3.63, 3.8) is 0 Å². The fourth-order valence-corrected chi connectivity index (χ4v) is 2.78. The lowest BCUT2D eigenvalue weighted by atomic mass is 10.1. The van der Waals surface area contributed by atoms with E-state index >= 15 is 0 Å². The molecule has 0 saturated heterocycles. The molecule has 0 heterocycles. The fourth-order valence-electron chi connectivity index (χ4n) is 1.88. The minimum absolute atomic E-state index is 0.0563. The number of nitro benzene ring substituents is 1. The van der Waals surface area contributed by atoms with E-state index in [4.69, 9.17) is 4.74 Å². The van der Waals surface area contributed by atoms with Gasteiger partial charge >= 0.3 is 0 Å². The molecule has 2 aromatic rings. The van der Waals surface area contributed by atoms with Crippen molar-refractivity contribution in [2.45, 2.75) is 16.6 Å². The average molecular weight is 429 g/mol. The van der Waals surface area contributed by atoms with E-state index in [1.807, 2.05) is 0 Å². The van der Waals surface area contributed by atoms with Gasteiger partial charge in [0.25, 0.3) is 5.69 Å². The van der Waals surface area contributed by atoms with E-state index in [1.165, 1.54) is 23.3 Å². The van der Waals surface area contributed by atoms with Gasteiger partial charge in [0.05, 0.1) is 14.6 Å². The van der Waals surface area contributed by atoms with Crippen molar-refractivity contribution >= 4 is 37.5 Å². The number of halogens is 2. The molecule has 0 amide bonds. The molecule has 0 unspecified atom stereocenters. The molecule has 0 N–H and O–H groups in total. The van der Waals surface area contributed by atoms with Crippen LogP contribution in [0.5, 0.6) is 5.75 Å². The molecule has 2 rings (SSSR count). The number of rotatable bonds is 6. The van der Waals surface area contributed by atoms with Gasteiger partial charge in [-0.2, -0.15) is 0 Å². The first-order valence-corrected chi connectivity index (χ1v) is 8.52. The molecule has 4 nitrogen and oxygen atoms in total. The Labute approximate surface area is 145 Å². The summed E-state index contributed by atoms with van der Waals surface area (Å²) >= 11 is 7.28. The molecule has 2 atom stereocenters. The number of nitrogens with zero attached hydrogens (tertiary/aromatic N) is 1. The molecule has 0 aliphatic rings. The minimum Gasteiger partial charge on any atom is -0.492 e. The maximum atomic E-state index is 10.6. The molecule has 0 aliphatic heterocycles. The molecule has 0 radical (unpaired) electrons. The Kier molecular flexibility index (Phi) is 5.97. The van der Waals surface area contributed by atoms with Crippen molar-refractivity contribution in [3.8, 4) is 5.75 Å². The number of nitro groups is 1. The third kappa shape index (κ3) is 4.55. The Balaban J connectivity index is 1.92. The maximum absolute atomic E-state index is 10.6. The second-order valence-corrected chi connectivity index (χ2v) is 7.05. The maximum Gasteiger partial charge on any atom is 0.269 e. The van der Waals surface area contributed by atoms with Gasteiger partial charge in [-0.15, -0.1) is 0 Å². The normalized spacial score (nSPS) is 13.4. The average Bonchev–Trinajstić information content (AvgIpc) is 2.53. The van der Waals surface area contributed by atoms with Crippen LogP contribution >= 0.6 is 31.9 Å². The zero-order chi connectivity index (χ0) is 16.1. The quantitative estimate of drug-likeness (QED) is 0.361. The van der Waals surface area contributed by atoms with Crippen LogP contribution in [0, 0.1) is 17.0 Å². The second-order valence-electron chi connectivity index (χ2n) is 4.89. The second kappa shape index (κ2) is 7.74. The fraction of sp³-hybridized carbons (Fsp3) is 0.250. The van der Waals surface area contributed by atoms with Gasteiger partial charge in [-0.1, -0.05) is 61.7 Å². The summed E-state index contributed by atoms with van der Waals surface area (Å²) in [6.07, 6.45) is 0. The van der Waals surface area contributed by atoms with Crippen molar-refractivity contribution in [3.05, 3.63) is 69.8 Å². The number of aryl methyl sites for hydroxylation is 1. The third-order valence-corrected chi connectivity index (χ3v) is 5.84. The molecule has 0 fully saturated rings. The smallest absolute Gasteiger partial charge is 0.269 e. The van der Waals surface area contributed by atoms with E-state index in [-0.39, 0.29) is 15.3 Å². The van der Waals surface area contributed by atoms with Crippen molar-refractivity contribution in [2.75, 3.05) is 6.61 Å². The van der Waals surface area contributed by atoms with Crippen LogP contribution in [0.15, 0.2) is 48.5 Å². The van der Waals surface area contributed by atoms with Gasteiger partial charge in [0.2, 0.25) is 0 Å². The lowest BCUT2D eigenvalue weighted by Crippen LogP contribution is -2.16. The Morgan fingerprint density at radius 3 is 2.23 bits per heavy atom. The molecular weight excluding hydrogens is 414 g/mol. The molecule has 6 heteroatoms. The molecule has 0 aliphatic carbocycles. The Hall–Kier alpha value is -1.40. The summed E-state index contributed by atoms with van der Waals surface area (Å²) < 4.78 is 5.67. The summed E-state index contributed by atoms with van der Waals surface area (Å²) in [5.74, 6) is 0.610. The molecule has 0 aromatic heterocycles. The number of alkyl halides is 2. The Morgan fingerprint density at radius 1 is 1.09 bits per heavy atom. The van der Waals surface area contributed by atoms with Crippen molar-refractivity contribution < 1.29 is 9.66 Å². The summed E-state index contributed by atoms with van der Waals surface area (Å²) in [4.78, 5) is 10.4. The molecule has 2 aromatic carbocycles. The Morgan fingerprint density at radius 2 is 1.68 bits per heavy atom. The SMILES string of the molecule is Cc1ccc([C@H](Br)[C@@H](Br)COc2ccc([N+](=O)[O-])cc2)cc1. The third-order valence-electron chi connectivity index (χ3n) is 3.17. The van der Waals surface area contributed by atoms with E-state index < -0.39 is 4.92 Å². The summed E-state index contributed by atoms with van der Waals surface area (Å²) in [7, 11) is 0. The van der Waals surface area contributed by atoms with Gasteiger partial charge in [-0.05, 0) is 24.6 Å². The lowest BCUT2D eigenvalue weighted by molar-refractivity contribution is -0.384. The minimum atomic E-state index is -0.428. The van der Waals surface area contributed by atoms with Crippen LogP contribution in [0.2, 0.25) is 0 Å². The zero-order valence-electron chi connectivity index (χ0n) is 11.9. The van der Waals surface area contributed by atoms with Crippen LogP contribution in [-0.4, -0.2) is 16.4 Å². The monoisotopic (exact) mass is 427 g/mol. The molecule has 116 valence electrons. The summed E-state index contributed by atoms with van der Waals surface area (Å²) in [5.41, 5.74) is 2.44. The predicted octanol–water partition coefficient (Wildman–Crippen LogP) is 5.18. The Bertz CT molecular complexity index is 629. The molecule has 22 heavy (non-hydrogen) atoms. The van der Waals surface area contributed by atoms with Crippen LogP contribution in [-0.2, 0) is 0 Å². The van der Waals surface area contributed by atoms with Crippen LogP contribution in [0.25, 0.3) is 0 Å². The van der Waals surface area contributed by atoms with Crippen molar-refractivity contribution in [1.29, 1.82) is 0 Å². The highest BCUT2D eigenvalue weighted by molar-refractivity contribution is 9.12. The molecular formula is C16H15Br2NO3. The van der Waals surface area contributed by atoms with E-state index in [0.29, 0.717) is 12.4 Å². The highest BCUT2D eigenvalue weighted by Gasteiger charge is 2.18. The molecule has 0 bridgehead atoms. The van der Waals surface area contributed by atoms with Gasteiger partial charge in [0.1, 0.15) is 12.4 Å². The van der Waals surface area contributed by atoms with E-state index in [1.54, 1.807) is 12.1 Å². The van der Waals surface area contributed by atoms with Gasteiger partial charge < -0.3 is 4.74 Å². The highest BCUT2D eigenvalue weighted by Crippen LogP contribution is 2.32. The van der Waals surface area contributed by atoms with Crippen LogP contribution < -0.4 is 4.74 Å². The van der Waals surface area contributed by atoms with Gasteiger partial charge in [0, 0.05) is 12.1 Å². The first-order chi connectivity index (χ1) is 10.5. The standard InChI is InChI=1S/C16H15Br2NO3/c1-11-2-4-12(5-3-11)16(18)15(17)10-22-14-8-6-13(7-9-14)19(20)21/h2-9,15-16H,10H2,1H3/t15-,16-/m0/s1. The highest BCUT2D eigenvalue weighted by atomic mass is 79.9. The van der Waals surface area contributed by atoms with Gasteiger partial charge in [-0.3, -0.25) is 10.1 Å². The van der Waals surface area contributed by atoms with E-state index in [9.17, 15) is 10.1 Å². The first-order valence-electron chi connectivity index (χ1n) is 6.69. The van der Waals surface area contributed by atoms with E-state index in [2.05, 4.69) is 63.0 Å². The number of non-ortho nitro benzene ring substituents is 1. The van der Waals surface area contributed by atoms with Crippen molar-refractivity contribution in [1.82, 2.24) is 0 Å². The van der Waals surface area contributed by atoms with Gasteiger partial charge in [0.15, 0.2) is 0 Å². The first kappa shape index (κ1) is 17.0. The van der Waals surface area contributed by atoms with Crippen molar-refractivity contribution in [2.24, 2.45) is 0 Å². The largest absolute Gasteiger partial charge is 0.492 e. The number of hydrogen-bond donors (Lipinski definition) is 0. The van der Waals surface area contributed by atoms with Crippen LogP contribution in [0.4, 0.5) is 5.69 Å². The number of ether oxygens (including phenoxy) is 1. The molecule has 0 spiro atoms.